The highest BCUT2D eigenvalue weighted by Crippen LogP contribution is 2.38. The first-order valence-electron chi connectivity index (χ1n) is 16.8. The Morgan fingerprint density at radius 3 is 2.02 bits per heavy atom. The quantitative estimate of drug-likeness (QED) is 0.203. The molecule has 0 bridgehead atoms. The average molecular weight is 644 g/mol. The number of rotatable bonds is 5. The van der Waals surface area contributed by atoms with E-state index in [1.54, 1.807) is 0 Å². The van der Waals surface area contributed by atoms with E-state index in [0.717, 1.165) is 88.7 Å². The van der Waals surface area contributed by atoms with Crippen LogP contribution in [0.5, 0.6) is 0 Å². The standard InChI is InChI=1S/C45H29N3O2/c1-3-12-28(13-4-1)30-16-9-17-31(26-30)43-46-44(48-45(47-43)37-21-10-20-35-34-18-7-8-22-38(34)50-42(35)37)32-24-25-36-40(27-32)49-39-23-11-19-33(41(36)39)29-14-5-2-6-15-29/h1-27,44H,(H,46,47,48). The van der Waals surface area contributed by atoms with E-state index in [1.165, 1.54) is 0 Å². The zero-order chi connectivity index (χ0) is 33.0. The van der Waals surface area contributed by atoms with Gasteiger partial charge in [-0.3, -0.25) is 0 Å². The second-order valence-electron chi connectivity index (χ2n) is 12.6. The molecule has 2 aromatic heterocycles. The van der Waals surface area contributed by atoms with E-state index >= 15 is 0 Å². The van der Waals surface area contributed by atoms with Crippen molar-refractivity contribution in [1.29, 1.82) is 0 Å². The summed E-state index contributed by atoms with van der Waals surface area (Å²) >= 11 is 0. The monoisotopic (exact) mass is 643 g/mol. The van der Waals surface area contributed by atoms with E-state index in [-0.39, 0.29) is 0 Å². The summed E-state index contributed by atoms with van der Waals surface area (Å²) in [6, 6.07) is 56.3. The molecule has 9 aromatic rings. The molecular formula is C45H29N3O2. The van der Waals surface area contributed by atoms with Gasteiger partial charge in [0.2, 0.25) is 0 Å². The van der Waals surface area contributed by atoms with Crippen molar-refractivity contribution in [3.8, 4) is 22.3 Å². The molecule has 0 radical (unpaired) electrons. The summed E-state index contributed by atoms with van der Waals surface area (Å²) in [5.74, 6) is 1.34. The van der Waals surface area contributed by atoms with Crippen molar-refractivity contribution in [3.63, 3.8) is 0 Å². The predicted molar refractivity (Wildman–Crippen MR) is 204 cm³/mol. The Balaban J connectivity index is 1.13. The number of benzene rings is 7. The molecule has 0 saturated carbocycles. The second kappa shape index (κ2) is 11.5. The van der Waals surface area contributed by atoms with Crippen LogP contribution in [0.15, 0.2) is 183 Å². The van der Waals surface area contributed by atoms with Gasteiger partial charge in [0.25, 0.3) is 0 Å². The van der Waals surface area contributed by atoms with Gasteiger partial charge in [0.05, 0.1) is 5.56 Å². The van der Waals surface area contributed by atoms with E-state index in [0.29, 0.717) is 5.84 Å². The fourth-order valence-electron chi connectivity index (χ4n) is 7.16. The van der Waals surface area contributed by atoms with E-state index in [4.69, 9.17) is 18.8 Å². The number of fused-ring (bicyclic) bond motifs is 6. The van der Waals surface area contributed by atoms with Gasteiger partial charge in [0.15, 0.2) is 5.84 Å². The highest BCUT2D eigenvalue weighted by Gasteiger charge is 2.25. The fourth-order valence-corrected chi connectivity index (χ4v) is 7.16. The maximum Gasteiger partial charge on any atom is 0.163 e. The number of hydrogen-bond acceptors (Lipinski definition) is 5. The lowest BCUT2D eigenvalue weighted by Crippen LogP contribution is -2.33. The van der Waals surface area contributed by atoms with Gasteiger partial charge >= 0.3 is 0 Å². The summed E-state index contributed by atoms with van der Waals surface area (Å²) < 4.78 is 13.0. The zero-order valence-corrected chi connectivity index (χ0v) is 26.9. The lowest BCUT2D eigenvalue weighted by atomic mass is 9.98. The van der Waals surface area contributed by atoms with Gasteiger partial charge < -0.3 is 14.2 Å². The third kappa shape index (κ3) is 4.71. The third-order valence-electron chi connectivity index (χ3n) is 9.55. The molecule has 1 N–H and O–H groups in total. The molecule has 50 heavy (non-hydrogen) atoms. The van der Waals surface area contributed by atoms with Crippen molar-refractivity contribution in [3.05, 3.63) is 180 Å². The molecule has 7 aromatic carbocycles. The number of furan rings is 2. The molecule has 0 spiro atoms. The van der Waals surface area contributed by atoms with Crippen molar-refractivity contribution in [2.24, 2.45) is 9.98 Å². The molecule has 10 rings (SSSR count). The third-order valence-corrected chi connectivity index (χ3v) is 9.55. The number of nitrogens with one attached hydrogen (secondary N) is 1. The first kappa shape index (κ1) is 28.3. The minimum atomic E-state index is -0.427. The van der Waals surface area contributed by atoms with Crippen LogP contribution in [-0.4, -0.2) is 11.7 Å². The Hall–Kier alpha value is -6.72. The topological polar surface area (TPSA) is 63.0 Å². The maximum atomic E-state index is 6.50. The van der Waals surface area contributed by atoms with Crippen LogP contribution >= 0.6 is 0 Å². The number of amidine groups is 2. The Morgan fingerprint density at radius 2 is 1.14 bits per heavy atom. The molecule has 236 valence electrons. The average Bonchev–Trinajstić information content (AvgIpc) is 3.77. The van der Waals surface area contributed by atoms with E-state index < -0.39 is 6.17 Å². The zero-order valence-electron chi connectivity index (χ0n) is 26.9. The van der Waals surface area contributed by atoms with Crippen molar-refractivity contribution in [2.45, 2.75) is 6.17 Å². The largest absolute Gasteiger partial charge is 0.456 e. The Bertz CT molecular complexity index is 2790. The first-order valence-corrected chi connectivity index (χ1v) is 16.8. The molecule has 0 amide bonds. The van der Waals surface area contributed by atoms with Crippen molar-refractivity contribution in [1.82, 2.24) is 5.32 Å². The molecule has 0 fully saturated rings. The summed E-state index contributed by atoms with van der Waals surface area (Å²) in [5.41, 5.74) is 10.6. The van der Waals surface area contributed by atoms with Crippen LogP contribution < -0.4 is 5.32 Å². The van der Waals surface area contributed by atoms with Crippen LogP contribution in [0.4, 0.5) is 0 Å². The summed E-state index contributed by atoms with van der Waals surface area (Å²) in [6.45, 7) is 0. The van der Waals surface area contributed by atoms with Crippen LogP contribution in [0.25, 0.3) is 66.1 Å². The van der Waals surface area contributed by atoms with Gasteiger partial charge in [0, 0.05) is 32.7 Å². The number of aliphatic imine (C=N–C) groups is 2. The highest BCUT2D eigenvalue weighted by molar-refractivity contribution is 6.19. The first-order chi connectivity index (χ1) is 24.8. The van der Waals surface area contributed by atoms with Crippen molar-refractivity contribution >= 4 is 55.5 Å². The minimum absolute atomic E-state index is 0.427. The van der Waals surface area contributed by atoms with Crippen molar-refractivity contribution in [2.75, 3.05) is 0 Å². The Labute approximate surface area is 287 Å². The van der Waals surface area contributed by atoms with Crippen LogP contribution in [0, 0.1) is 0 Å². The molecule has 1 aliphatic heterocycles. The molecule has 1 aliphatic rings. The Kier molecular flexibility index (Phi) is 6.49. The molecule has 3 heterocycles. The molecule has 0 saturated heterocycles. The fraction of sp³-hybridized carbons (Fsp3) is 0.0222. The van der Waals surface area contributed by atoms with Crippen LogP contribution in [0.2, 0.25) is 0 Å². The van der Waals surface area contributed by atoms with Gasteiger partial charge in [0.1, 0.15) is 34.3 Å². The summed E-state index contributed by atoms with van der Waals surface area (Å²) in [6.07, 6.45) is -0.427. The van der Waals surface area contributed by atoms with Crippen molar-refractivity contribution < 1.29 is 8.83 Å². The smallest absolute Gasteiger partial charge is 0.163 e. The van der Waals surface area contributed by atoms with E-state index in [9.17, 15) is 0 Å². The van der Waals surface area contributed by atoms with Gasteiger partial charge in [-0.1, -0.05) is 133 Å². The van der Waals surface area contributed by atoms with Crippen LogP contribution in [0.3, 0.4) is 0 Å². The molecule has 5 heteroatoms. The van der Waals surface area contributed by atoms with E-state index in [2.05, 4.69) is 127 Å². The van der Waals surface area contributed by atoms with Crippen LogP contribution in [0.1, 0.15) is 22.9 Å². The summed E-state index contributed by atoms with van der Waals surface area (Å²) in [4.78, 5) is 10.4. The lowest BCUT2D eigenvalue weighted by Gasteiger charge is -2.24. The molecule has 1 unspecified atom stereocenters. The molecular weight excluding hydrogens is 615 g/mol. The normalized spacial score (nSPS) is 14.6. The summed E-state index contributed by atoms with van der Waals surface area (Å²) in [7, 11) is 0. The van der Waals surface area contributed by atoms with Gasteiger partial charge in [-0.15, -0.1) is 0 Å². The van der Waals surface area contributed by atoms with E-state index in [1.807, 2.05) is 42.5 Å². The van der Waals surface area contributed by atoms with Gasteiger partial charge in [-0.25, -0.2) is 9.98 Å². The Morgan fingerprint density at radius 1 is 0.460 bits per heavy atom. The van der Waals surface area contributed by atoms with Gasteiger partial charge in [-0.05, 0) is 52.6 Å². The molecule has 5 nitrogen and oxygen atoms in total. The molecule has 0 aliphatic carbocycles. The number of nitrogens with zero attached hydrogens (tertiary/aromatic N) is 2. The molecule has 1 atom stereocenters. The van der Waals surface area contributed by atoms with Crippen LogP contribution in [-0.2, 0) is 0 Å². The number of para-hydroxylation sites is 2. The van der Waals surface area contributed by atoms with Gasteiger partial charge in [-0.2, -0.15) is 0 Å². The minimum Gasteiger partial charge on any atom is -0.456 e. The maximum absolute atomic E-state index is 6.50. The second-order valence-corrected chi connectivity index (χ2v) is 12.6. The SMILES string of the molecule is c1ccc(-c2cccc(C3=NC(c4cccc5c4oc4ccccc45)=NC(c4ccc5c(c4)oc4cccc(-c6ccccc6)c45)N3)c2)cc1. The number of hydrogen-bond donors (Lipinski definition) is 1. The lowest BCUT2D eigenvalue weighted by molar-refractivity contribution is 0.653. The summed E-state index contributed by atoms with van der Waals surface area (Å²) in [5, 5.41) is 7.95. The predicted octanol–water partition coefficient (Wildman–Crippen LogP) is 11.3. The highest BCUT2D eigenvalue weighted by atomic mass is 16.3.